The first-order valence-corrected chi connectivity index (χ1v) is 5.47. The van der Waals surface area contributed by atoms with Gasteiger partial charge in [0.2, 0.25) is 0 Å². The Balaban J connectivity index is 1.86. The fourth-order valence-corrected chi connectivity index (χ4v) is 2.05. The van der Waals surface area contributed by atoms with Crippen LogP contribution in [0.25, 0.3) is 0 Å². The van der Waals surface area contributed by atoms with Crippen molar-refractivity contribution in [3.63, 3.8) is 0 Å². The van der Waals surface area contributed by atoms with E-state index in [1.807, 2.05) is 6.07 Å². The van der Waals surface area contributed by atoms with Gasteiger partial charge in [-0.05, 0) is 36.2 Å². The van der Waals surface area contributed by atoms with E-state index in [4.69, 9.17) is 5.73 Å². The third-order valence-corrected chi connectivity index (χ3v) is 3.63. The topological polar surface area (TPSA) is 50.9 Å². The van der Waals surface area contributed by atoms with Gasteiger partial charge in [-0.1, -0.05) is 6.92 Å². The fourth-order valence-electron chi connectivity index (χ4n) is 1.48. The average Bonchev–Trinajstić information content (AvgIpc) is 2.81. The summed E-state index contributed by atoms with van der Waals surface area (Å²) < 4.78 is 4.02. The third kappa shape index (κ3) is 1.94. The van der Waals surface area contributed by atoms with Crippen molar-refractivity contribution < 1.29 is 0 Å². The van der Waals surface area contributed by atoms with Gasteiger partial charge < -0.3 is 11.1 Å². The summed E-state index contributed by atoms with van der Waals surface area (Å²) in [6.45, 7) is 3.33. The van der Waals surface area contributed by atoms with E-state index >= 15 is 0 Å². The first-order chi connectivity index (χ1) is 6.24. The summed E-state index contributed by atoms with van der Waals surface area (Å²) in [7, 11) is 0. The monoisotopic (exact) mass is 197 g/mol. The quantitative estimate of drug-likeness (QED) is 0.779. The molecule has 1 fully saturated rings. The molecule has 3 nitrogen and oxygen atoms in total. The van der Waals surface area contributed by atoms with E-state index in [2.05, 4.69) is 16.6 Å². The van der Waals surface area contributed by atoms with Crippen LogP contribution in [-0.4, -0.2) is 10.9 Å². The molecule has 0 saturated heterocycles. The Labute approximate surface area is 82.5 Å². The van der Waals surface area contributed by atoms with Crippen molar-refractivity contribution in [2.75, 3.05) is 17.6 Å². The Bertz CT molecular complexity index is 291. The van der Waals surface area contributed by atoms with Gasteiger partial charge in [0, 0.05) is 12.6 Å². The van der Waals surface area contributed by atoms with Crippen LogP contribution in [0.2, 0.25) is 0 Å². The van der Waals surface area contributed by atoms with Crippen molar-refractivity contribution >= 4 is 22.4 Å². The lowest BCUT2D eigenvalue weighted by Crippen LogP contribution is -2.13. The van der Waals surface area contributed by atoms with Gasteiger partial charge in [0.15, 0.2) is 0 Å². The van der Waals surface area contributed by atoms with Gasteiger partial charge in [0.05, 0.1) is 0 Å². The largest absolute Gasteiger partial charge is 0.383 e. The summed E-state index contributed by atoms with van der Waals surface area (Å²) in [6, 6.07) is 1.90. The Morgan fingerprint density at radius 2 is 2.46 bits per heavy atom. The number of anilines is 2. The van der Waals surface area contributed by atoms with Crippen LogP contribution in [-0.2, 0) is 0 Å². The van der Waals surface area contributed by atoms with E-state index < -0.39 is 0 Å². The minimum atomic E-state index is 0.582. The number of hydrogen-bond acceptors (Lipinski definition) is 4. The van der Waals surface area contributed by atoms with Crippen molar-refractivity contribution in [1.29, 1.82) is 0 Å². The molecule has 0 aliphatic heterocycles. The van der Waals surface area contributed by atoms with Gasteiger partial charge in [0.25, 0.3) is 0 Å². The third-order valence-electron chi connectivity index (χ3n) is 2.87. The normalized spacial score (nSPS) is 18.5. The first-order valence-electron chi connectivity index (χ1n) is 4.70. The first kappa shape index (κ1) is 8.81. The predicted octanol–water partition coefficient (Wildman–Crippen LogP) is 2.33. The van der Waals surface area contributed by atoms with E-state index in [-0.39, 0.29) is 0 Å². The molecule has 1 saturated carbocycles. The number of nitrogens with two attached hydrogens (primary N) is 1. The van der Waals surface area contributed by atoms with Crippen LogP contribution in [0.1, 0.15) is 26.2 Å². The van der Waals surface area contributed by atoms with Gasteiger partial charge in [-0.25, -0.2) is 0 Å². The van der Waals surface area contributed by atoms with Crippen molar-refractivity contribution in [1.82, 2.24) is 4.37 Å². The van der Waals surface area contributed by atoms with Gasteiger partial charge in [-0.3, -0.25) is 0 Å². The van der Waals surface area contributed by atoms with Crippen LogP contribution in [0.5, 0.6) is 0 Å². The van der Waals surface area contributed by atoms with E-state index in [1.165, 1.54) is 30.8 Å². The van der Waals surface area contributed by atoms with E-state index in [9.17, 15) is 0 Å². The molecule has 0 spiro atoms. The van der Waals surface area contributed by atoms with E-state index in [0.29, 0.717) is 11.2 Å². The number of nitrogen functional groups attached to an aromatic ring is 1. The number of nitrogens with zero attached hydrogens (tertiary/aromatic N) is 1. The van der Waals surface area contributed by atoms with E-state index in [1.54, 1.807) is 0 Å². The molecule has 0 radical (unpaired) electrons. The molecular weight excluding hydrogens is 182 g/mol. The molecule has 1 heterocycles. The van der Waals surface area contributed by atoms with Crippen LogP contribution in [0.15, 0.2) is 6.07 Å². The van der Waals surface area contributed by atoms with Crippen molar-refractivity contribution in [2.45, 2.75) is 26.2 Å². The summed E-state index contributed by atoms with van der Waals surface area (Å²) in [6.07, 6.45) is 4.00. The summed E-state index contributed by atoms with van der Waals surface area (Å²) in [4.78, 5) is 0. The van der Waals surface area contributed by atoms with Gasteiger partial charge in [-0.15, -0.1) is 0 Å². The molecule has 0 unspecified atom stereocenters. The lowest BCUT2D eigenvalue weighted by atomic mass is 10.0. The Hall–Kier alpha value is -0.770. The molecule has 72 valence electrons. The second kappa shape index (κ2) is 3.18. The number of rotatable bonds is 4. The molecule has 3 N–H and O–H groups in total. The van der Waals surface area contributed by atoms with Crippen molar-refractivity contribution in [3.05, 3.63) is 6.07 Å². The highest BCUT2D eigenvalue weighted by Gasteiger charge is 2.40. The van der Waals surface area contributed by atoms with Crippen LogP contribution >= 0.6 is 11.5 Å². The maximum Gasteiger partial charge on any atom is 0.139 e. The Kier molecular flexibility index (Phi) is 2.15. The average molecular weight is 197 g/mol. The number of nitrogens with one attached hydrogen (secondary N) is 1. The SMILES string of the molecule is CCC1(CNc2cc(N)ns2)CC1. The smallest absolute Gasteiger partial charge is 0.139 e. The highest BCUT2D eigenvalue weighted by atomic mass is 32.1. The molecule has 13 heavy (non-hydrogen) atoms. The van der Waals surface area contributed by atoms with Crippen LogP contribution in [0.3, 0.4) is 0 Å². The molecule has 0 bridgehead atoms. The number of aromatic nitrogens is 1. The molecule has 1 aromatic rings. The van der Waals surface area contributed by atoms with Gasteiger partial charge in [0.1, 0.15) is 10.8 Å². The van der Waals surface area contributed by atoms with Gasteiger partial charge >= 0.3 is 0 Å². The fraction of sp³-hybridized carbons (Fsp3) is 0.667. The minimum Gasteiger partial charge on any atom is -0.383 e. The maximum absolute atomic E-state index is 5.53. The summed E-state index contributed by atoms with van der Waals surface area (Å²) in [5.41, 5.74) is 6.11. The number of hydrogen-bond donors (Lipinski definition) is 2. The molecule has 0 amide bonds. The zero-order chi connectivity index (χ0) is 9.31. The summed E-state index contributed by atoms with van der Waals surface area (Å²) in [5, 5.41) is 4.49. The highest BCUT2D eigenvalue weighted by Crippen LogP contribution is 2.48. The second-order valence-electron chi connectivity index (χ2n) is 3.82. The Morgan fingerprint density at radius 1 is 1.69 bits per heavy atom. The highest BCUT2D eigenvalue weighted by molar-refractivity contribution is 7.10. The van der Waals surface area contributed by atoms with E-state index in [0.717, 1.165) is 11.5 Å². The molecular formula is C9H15N3S. The second-order valence-corrected chi connectivity index (χ2v) is 4.63. The van der Waals surface area contributed by atoms with Crippen LogP contribution < -0.4 is 11.1 Å². The molecule has 4 heteroatoms. The molecule has 0 atom stereocenters. The zero-order valence-corrected chi connectivity index (χ0v) is 8.66. The van der Waals surface area contributed by atoms with Crippen molar-refractivity contribution in [2.24, 2.45) is 5.41 Å². The molecule has 0 aromatic carbocycles. The zero-order valence-electron chi connectivity index (χ0n) is 7.84. The molecule has 1 aliphatic rings. The summed E-state index contributed by atoms with van der Waals surface area (Å²) >= 11 is 1.44. The van der Waals surface area contributed by atoms with Gasteiger partial charge in [-0.2, -0.15) is 4.37 Å². The maximum atomic E-state index is 5.53. The lowest BCUT2D eigenvalue weighted by Gasteiger charge is -2.12. The van der Waals surface area contributed by atoms with Crippen LogP contribution in [0.4, 0.5) is 10.8 Å². The minimum absolute atomic E-state index is 0.582. The predicted molar refractivity (Wildman–Crippen MR) is 57.0 cm³/mol. The lowest BCUT2D eigenvalue weighted by molar-refractivity contribution is 0.522. The molecule has 1 aromatic heterocycles. The van der Waals surface area contributed by atoms with Crippen molar-refractivity contribution in [3.8, 4) is 0 Å². The summed E-state index contributed by atoms with van der Waals surface area (Å²) in [5.74, 6) is 0.619. The standard InChI is InChI=1S/C9H15N3S/c1-2-9(3-4-9)6-11-8-5-7(10)12-13-8/h5,11H,2-4,6H2,1H3,(H2,10,12). The molecule has 2 rings (SSSR count). The van der Waals surface area contributed by atoms with Crippen LogP contribution in [0, 0.1) is 5.41 Å². The molecule has 1 aliphatic carbocycles. The Morgan fingerprint density at radius 3 is 2.92 bits per heavy atom.